The Bertz CT molecular complexity index is 538. The molecule has 124 valence electrons. The molecule has 0 amide bonds. The van der Waals surface area contributed by atoms with Gasteiger partial charge in [-0.15, -0.1) is 0 Å². The predicted octanol–water partition coefficient (Wildman–Crippen LogP) is 3.03. The number of nitrogens with zero attached hydrogens (tertiary/aromatic N) is 2. The summed E-state index contributed by atoms with van der Waals surface area (Å²) in [7, 11) is 0. The molecule has 1 aromatic rings. The quantitative estimate of drug-likeness (QED) is 0.773. The van der Waals surface area contributed by atoms with E-state index in [-0.39, 0.29) is 0 Å². The van der Waals surface area contributed by atoms with Gasteiger partial charge in [0.2, 0.25) is 0 Å². The molecule has 2 aliphatic rings. The van der Waals surface area contributed by atoms with Crippen LogP contribution in [0.2, 0.25) is 0 Å². The van der Waals surface area contributed by atoms with Crippen molar-refractivity contribution < 1.29 is 0 Å². The second-order valence-electron chi connectivity index (χ2n) is 6.09. The number of rotatable bonds is 4. The third-order valence-electron chi connectivity index (χ3n) is 4.33. The Morgan fingerprint density at radius 1 is 0.913 bits per heavy atom. The summed E-state index contributed by atoms with van der Waals surface area (Å²) in [6.45, 7) is 7.09. The molecule has 0 unspecified atom stereocenters. The molecule has 0 atom stereocenters. The van der Waals surface area contributed by atoms with Crippen LogP contribution in [0.15, 0.2) is 24.3 Å². The number of benzene rings is 1. The molecular weight excluding hydrogens is 320 g/mol. The highest BCUT2D eigenvalue weighted by molar-refractivity contribution is 7.99. The Kier molecular flexibility index (Phi) is 7.22. The lowest BCUT2D eigenvalue weighted by molar-refractivity contribution is 0.294. The molecule has 2 fully saturated rings. The van der Waals surface area contributed by atoms with Crippen molar-refractivity contribution in [2.24, 2.45) is 0 Å². The molecule has 0 aliphatic carbocycles. The first-order chi connectivity index (χ1) is 11.4. The van der Waals surface area contributed by atoms with Crippen LogP contribution in [0.1, 0.15) is 17.5 Å². The van der Waals surface area contributed by atoms with Crippen molar-refractivity contribution in [1.29, 1.82) is 0 Å². The predicted molar refractivity (Wildman–Crippen MR) is 104 cm³/mol. The highest BCUT2D eigenvalue weighted by atomic mass is 32.2. The van der Waals surface area contributed by atoms with Crippen LogP contribution in [0, 0.1) is 11.8 Å². The summed E-state index contributed by atoms with van der Waals surface area (Å²) in [6.07, 6.45) is 0.984. The first-order valence-corrected chi connectivity index (χ1v) is 10.9. The van der Waals surface area contributed by atoms with Crippen LogP contribution in [-0.4, -0.2) is 65.5 Å². The van der Waals surface area contributed by atoms with Gasteiger partial charge in [0.1, 0.15) is 0 Å². The highest BCUT2D eigenvalue weighted by Crippen LogP contribution is 2.14. The largest absolute Gasteiger partial charge is 0.301 e. The monoisotopic (exact) mass is 346 g/mol. The van der Waals surface area contributed by atoms with Crippen LogP contribution in [0.25, 0.3) is 0 Å². The van der Waals surface area contributed by atoms with Gasteiger partial charge < -0.3 is 4.90 Å². The minimum Gasteiger partial charge on any atom is -0.301 e. The average Bonchev–Trinajstić information content (AvgIpc) is 2.61. The average molecular weight is 347 g/mol. The third-order valence-corrected chi connectivity index (χ3v) is 6.21. The first kappa shape index (κ1) is 17.2. The zero-order valence-electron chi connectivity index (χ0n) is 13.8. The summed E-state index contributed by atoms with van der Waals surface area (Å²) in [4.78, 5) is 5.09. The fourth-order valence-electron chi connectivity index (χ4n) is 2.97. The summed E-state index contributed by atoms with van der Waals surface area (Å²) in [5.74, 6) is 11.8. The molecule has 0 aromatic heterocycles. The van der Waals surface area contributed by atoms with E-state index >= 15 is 0 Å². The zero-order chi connectivity index (χ0) is 15.7. The maximum absolute atomic E-state index is 3.36. The van der Waals surface area contributed by atoms with E-state index in [4.69, 9.17) is 0 Å². The smallest absolute Gasteiger partial charge is 0.0248 e. The molecule has 1 aromatic carbocycles. The van der Waals surface area contributed by atoms with Crippen LogP contribution in [0.4, 0.5) is 0 Å². The molecule has 2 aliphatic heterocycles. The van der Waals surface area contributed by atoms with Gasteiger partial charge in [0.25, 0.3) is 0 Å². The maximum atomic E-state index is 3.36. The molecule has 2 saturated heterocycles. The Morgan fingerprint density at radius 3 is 2.35 bits per heavy atom. The van der Waals surface area contributed by atoms with Gasteiger partial charge in [0.15, 0.2) is 0 Å². The standard InChI is InChI=1S/C19H26N2S2/c1(2-7-20-8-12-22-13-9-20)4-18-5-3-6-19(16-18)17-21-10-14-23-15-11-21/h3,5-6,16H,2,7-15,17H2. The van der Waals surface area contributed by atoms with Gasteiger partial charge in [0.05, 0.1) is 0 Å². The highest BCUT2D eigenvalue weighted by Gasteiger charge is 2.10. The van der Waals surface area contributed by atoms with Crippen LogP contribution >= 0.6 is 23.5 Å². The van der Waals surface area contributed by atoms with E-state index in [0.717, 1.165) is 19.5 Å². The van der Waals surface area contributed by atoms with Crippen LogP contribution in [0.5, 0.6) is 0 Å². The lowest BCUT2D eigenvalue weighted by atomic mass is 10.1. The Balaban J connectivity index is 1.48. The van der Waals surface area contributed by atoms with Gasteiger partial charge in [-0.1, -0.05) is 24.0 Å². The second kappa shape index (κ2) is 9.64. The topological polar surface area (TPSA) is 6.48 Å². The number of hydrogen-bond acceptors (Lipinski definition) is 4. The maximum Gasteiger partial charge on any atom is 0.0248 e. The van der Waals surface area contributed by atoms with E-state index in [1.54, 1.807) is 0 Å². The molecule has 0 N–H and O–H groups in total. The van der Waals surface area contributed by atoms with Crippen LogP contribution in [-0.2, 0) is 6.54 Å². The molecule has 4 heteroatoms. The van der Waals surface area contributed by atoms with E-state index in [9.17, 15) is 0 Å². The van der Waals surface area contributed by atoms with Crippen molar-refractivity contribution in [3.8, 4) is 11.8 Å². The van der Waals surface area contributed by atoms with E-state index in [2.05, 4.69) is 69.4 Å². The van der Waals surface area contributed by atoms with Crippen molar-refractivity contribution in [2.45, 2.75) is 13.0 Å². The summed E-state index contributed by atoms with van der Waals surface area (Å²) in [6, 6.07) is 8.80. The van der Waals surface area contributed by atoms with Crippen molar-refractivity contribution in [3.05, 3.63) is 35.4 Å². The van der Waals surface area contributed by atoms with Crippen molar-refractivity contribution in [3.63, 3.8) is 0 Å². The van der Waals surface area contributed by atoms with Crippen LogP contribution < -0.4 is 0 Å². The molecule has 0 spiro atoms. The van der Waals surface area contributed by atoms with E-state index < -0.39 is 0 Å². The van der Waals surface area contributed by atoms with E-state index in [0.29, 0.717) is 0 Å². The lowest BCUT2D eigenvalue weighted by Gasteiger charge is -2.26. The Morgan fingerprint density at radius 2 is 1.61 bits per heavy atom. The van der Waals surface area contributed by atoms with Gasteiger partial charge in [-0.3, -0.25) is 4.90 Å². The number of thioether (sulfide) groups is 2. The lowest BCUT2D eigenvalue weighted by Crippen LogP contribution is -2.33. The molecular formula is C19H26N2S2. The number of hydrogen-bond donors (Lipinski definition) is 0. The second-order valence-corrected chi connectivity index (χ2v) is 8.54. The van der Waals surface area contributed by atoms with Gasteiger partial charge in [-0.05, 0) is 17.7 Å². The summed E-state index contributed by atoms with van der Waals surface area (Å²) in [5.41, 5.74) is 2.57. The third kappa shape index (κ3) is 6.08. The summed E-state index contributed by atoms with van der Waals surface area (Å²) < 4.78 is 0. The molecule has 0 bridgehead atoms. The van der Waals surface area contributed by atoms with Gasteiger partial charge in [-0.2, -0.15) is 23.5 Å². The summed E-state index contributed by atoms with van der Waals surface area (Å²) in [5, 5.41) is 0. The fourth-order valence-corrected chi connectivity index (χ4v) is 4.93. The molecule has 0 saturated carbocycles. The minimum atomic E-state index is 0.984. The Hall–Kier alpha value is -0.600. The molecule has 2 nitrogen and oxygen atoms in total. The molecule has 0 radical (unpaired) electrons. The molecule has 2 heterocycles. The Labute approximate surface area is 149 Å². The zero-order valence-corrected chi connectivity index (χ0v) is 15.4. The fraction of sp³-hybridized carbons (Fsp3) is 0.579. The van der Waals surface area contributed by atoms with E-state index in [1.165, 1.54) is 60.3 Å². The first-order valence-electron chi connectivity index (χ1n) is 8.58. The SMILES string of the molecule is C(#Cc1cccc(CN2CCSCC2)c1)CCN1CCSCC1. The summed E-state index contributed by atoms with van der Waals surface area (Å²) >= 11 is 4.14. The van der Waals surface area contributed by atoms with E-state index in [1.807, 2.05) is 0 Å². The van der Waals surface area contributed by atoms with Crippen LogP contribution in [0.3, 0.4) is 0 Å². The van der Waals surface area contributed by atoms with Crippen molar-refractivity contribution in [1.82, 2.24) is 9.80 Å². The minimum absolute atomic E-state index is 0.984. The molecule has 3 rings (SSSR count). The van der Waals surface area contributed by atoms with Crippen molar-refractivity contribution >= 4 is 23.5 Å². The normalized spacial score (nSPS) is 20.0. The van der Waals surface area contributed by atoms with Crippen molar-refractivity contribution in [2.75, 3.05) is 55.7 Å². The van der Waals surface area contributed by atoms with Gasteiger partial charge >= 0.3 is 0 Å². The molecule has 23 heavy (non-hydrogen) atoms. The van der Waals surface area contributed by atoms with Gasteiger partial charge in [-0.25, -0.2) is 0 Å². The van der Waals surface area contributed by atoms with Gasteiger partial charge in [0, 0.05) is 74.3 Å².